The van der Waals surface area contributed by atoms with Gasteiger partial charge in [0.2, 0.25) is 10.0 Å². The van der Waals surface area contributed by atoms with Gasteiger partial charge in [0.05, 0.1) is 5.75 Å². The Morgan fingerprint density at radius 2 is 2.35 bits per heavy atom. The average Bonchev–Trinajstić information content (AvgIpc) is 2.89. The van der Waals surface area contributed by atoms with Crippen molar-refractivity contribution in [2.75, 3.05) is 18.8 Å². The van der Waals surface area contributed by atoms with E-state index in [0.717, 1.165) is 31.4 Å². The summed E-state index contributed by atoms with van der Waals surface area (Å²) >= 11 is 0. The Hall–Kier alpha value is -0.850. The van der Waals surface area contributed by atoms with Gasteiger partial charge < -0.3 is 10.3 Å². The Bertz CT molecular complexity index is 422. The van der Waals surface area contributed by atoms with Crippen molar-refractivity contribution in [1.29, 1.82) is 0 Å². The van der Waals surface area contributed by atoms with E-state index < -0.39 is 10.0 Å². The summed E-state index contributed by atoms with van der Waals surface area (Å²) in [6.45, 7) is 1.40. The fourth-order valence-electron chi connectivity index (χ4n) is 2.09. The van der Waals surface area contributed by atoms with E-state index in [4.69, 9.17) is 0 Å². The maximum Gasteiger partial charge on any atom is 0.213 e. The van der Waals surface area contributed by atoms with Gasteiger partial charge in [0, 0.05) is 25.0 Å². The first-order valence-electron chi connectivity index (χ1n) is 5.98. The molecule has 6 heteroatoms. The lowest BCUT2D eigenvalue weighted by Gasteiger charge is -2.11. The van der Waals surface area contributed by atoms with Crippen LogP contribution in [0.1, 0.15) is 18.4 Å². The molecule has 17 heavy (non-hydrogen) atoms. The van der Waals surface area contributed by atoms with Gasteiger partial charge in [-0.2, -0.15) is 0 Å². The molecule has 2 rings (SSSR count). The standard InChI is InChI=1S/C11H19N3O2S/c15-17(16,9-11-2-1-5-13-11)14-7-4-10-3-6-12-8-10/h3,6,8,11-14H,1-2,4-5,7,9H2. The zero-order chi connectivity index (χ0) is 12.1. The lowest BCUT2D eigenvalue weighted by Crippen LogP contribution is -2.37. The molecule has 2 heterocycles. The van der Waals surface area contributed by atoms with Gasteiger partial charge in [-0.1, -0.05) is 0 Å². The lowest BCUT2D eigenvalue weighted by atomic mass is 10.2. The van der Waals surface area contributed by atoms with Gasteiger partial charge in [0.25, 0.3) is 0 Å². The second-order valence-electron chi connectivity index (χ2n) is 4.44. The first-order valence-corrected chi connectivity index (χ1v) is 7.63. The fourth-order valence-corrected chi connectivity index (χ4v) is 3.43. The predicted octanol–water partition coefficient (Wildman–Crippen LogP) is 0.229. The minimum absolute atomic E-state index is 0.125. The Labute approximate surface area is 102 Å². The highest BCUT2D eigenvalue weighted by atomic mass is 32.2. The summed E-state index contributed by atoms with van der Waals surface area (Å²) in [5.41, 5.74) is 1.12. The van der Waals surface area contributed by atoms with E-state index in [0.29, 0.717) is 6.54 Å². The van der Waals surface area contributed by atoms with Crippen molar-refractivity contribution in [2.24, 2.45) is 0 Å². The summed E-state index contributed by atoms with van der Waals surface area (Å²) in [7, 11) is -3.14. The van der Waals surface area contributed by atoms with Crippen molar-refractivity contribution in [3.8, 4) is 0 Å². The van der Waals surface area contributed by atoms with E-state index >= 15 is 0 Å². The van der Waals surface area contributed by atoms with Crippen LogP contribution in [0.5, 0.6) is 0 Å². The molecule has 0 amide bonds. The van der Waals surface area contributed by atoms with Crippen LogP contribution in [0.4, 0.5) is 0 Å². The number of sulfonamides is 1. The van der Waals surface area contributed by atoms with Crippen molar-refractivity contribution in [2.45, 2.75) is 25.3 Å². The van der Waals surface area contributed by atoms with Crippen LogP contribution in [0.25, 0.3) is 0 Å². The second-order valence-corrected chi connectivity index (χ2v) is 6.29. The van der Waals surface area contributed by atoms with Gasteiger partial charge in [-0.25, -0.2) is 13.1 Å². The van der Waals surface area contributed by atoms with Gasteiger partial charge in [0.15, 0.2) is 0 Å². The molecule has 1 fully saturated rings. The molecule has 3 N–H and O–H groups in total. The van der Waals surface area contributed by atoms with Crippen LogP contribution in [0.3, 0.4) is 0 Å². The third kappa shape index (κ3) is 4.14. The van der Waals surface area contributed by atoms with Crippen LogP contribution in [-0.4, -0.2) is 38.3 Å². The summed E-state index contributed by atoms with van der Waals surface area (Å²) < 4.78 is 26.2. The minimum atomic E-state index is -3.14. The Balaban J connectivity index is 1.73. The number of nitrogens with one attached hydrogen (secondary N) is 3. The van der Waals surface area contributed by atoms with Crippen LogP contribution in [0, 0.1) is 0 Å². The number of hydrogen-bond acceptors (Lipinski definition) is 3. The van der Waals surface area contributed by atoms with Gasteiger partial charge >= 0.3 is 0 Å². The Morgan fingerprint density at radius 1 is 1.47 bits per heavy atom. The van der Waals surface area contributed by atoms with E-state index in [9.17, 15) is 8.42 Å². The highest BCUT2D eigenvalue weighted by Gasteiger charge is 2.21. The second kappa shape index (κ2) is 5.66. The first kappa shape index (κ1) is 12.6. The summed E-state index contributed by atoms with van der Waals surface area (Å²) in [4.78, 5) is 2.95. The van der Waals surface area contributed by atoms with Crippen LogP contribution >= 0.6 is 0 Å². The molecule has 0 bridgehead atoms. The molecule has 1 aromatic rings. The molecular weight excluding hydrogens is 238 g/mol. The van der Waals surface area contributed by atoms with Gasteiger partial charge in [-0.15, -0.1) is 0 Å². The number of aromatic nitrogens is 1. The molecule has 1 aliphatic rings. The lowest BCUT2D eigenvalue weighted by molar-refractivity contribution is 0.564. The average molecular weight is 257 g/mol. The summed E-state index contributed by atoms with van der Waals surface area (Å²) in [5.74, 6) is 0.195. The van der Waals surface area contributed by atoms with E-state index in [-0.39, 0.29) is 11.8 Å². The first-order chi connectivity index (χ1) is 8.16. The number of hydrogen-bond donors (Lipinski definition) is 3. The number of rotatable bonds is 6. The molecule has 1 saturated heterocycles. The SMILES string of the molecule is O=S(=O)(CC1CCCN1)NCCc1cc[nH]c1. The van der Waals surface area contributed by atoms with E-state index in [1.165, 1.54) is 0 Å². The molecule has 0 aromatic carbocycles. The maximum atomic E-state index is 11.8. The maximum absolute atomic E-state index is 11.8. The van der Waals surface area contributed by atoms with E-state index in [1.807, 2.05) is 18.5 Å². The quantitative estimate of drug-likeness (QED) is 0.683. The topological polar surface area (TPSA) is 74.0 Å². The Morgan fingerprint density at radius 3 is 3.00 bits per heavy atom. The fraction of sp³-hybridized carbons (Fsp3) is 0.636. The van der Waals surface area contributed by atoms with Crippen LogP contribution in [0.2, 0.25) is 0 Å². The number of H-pyrrole nitrogens is 1. The summed E-state index contributed by atoms with van der Waals surface area (Å²) in [6.07, 6.45) is 6.47. The predicted molar refractivity (Wildman–Crippen MR) is 67.3 cm³/mol. The molecule has 1 aliphatic heterocycles. The summed E-state index contributed by atoms with van der Waals surface area (Å²) in [6, 6.07) is 2.08. The molecule has 0 aliphatic carbocycles. The molecule has 1 atom stereocenters. The molecule has 5 nitrogen and oxygen atoms in total. The zero-order valence-electron chi connectivity index (χ0n) is 9.78. The van der Waals surface area contributed by atoms with Crippen molar-refractivity contribution in [3.05, 3.63) is 24.0 Å². The van der Waals surface area contributed by atoms with Crippen LogP contribution in [-0.2, 0) is 16.4 Å². The molecule has 96 valence electrons. The van der Waals surface area contributed by atoms with Gasteiger partial charge in [0.1, 0.15) is 0 Å². The largest absolute Gasteiger partial charge is 0.367 e. The highest BCUT2D eigenvalue weighted by molar-refractivity contribution is 7.89. The summed E-state index contributed by atoms with van der Waals surface area (Å²) in [5, 5.41) is 3.19. The van der Waals surface area contributed by atoms with Gasteiger partial charge in [-0.3, -0.25) is 0 Å². The monoisotopic (exact) mass is 257 g/mol. The third-order valence-corrected chi connectivity index (χ3v) is 4.47. The molecule has 0 radical (unpaired) electrons. The van der Waals surface area contributed by atoms with Crippen molar-refractivity contribution < 1.29 is 8.42 Å². The van der Waals surface area contributed by atoms with Gasteiger partial charge in [-0.05, 0) is 37.4 Å². The molecular formula is C11H19N3O2S. The van der Waals surface area contributed by atoms with Crippen molar-refractivity contribution in [3.63, 3.8) is 0 Å². The molecule has 0 saturated carbocycles. The smallest absolute Gasteiger partial charge is 0.213 e. The number of aromatic amines is 1. The zero-order valence-corrected chi connectivity index (χ0v) is 10.6. The van der Waals surface area contributed by atoms with Crippen LogP contribution < -0.4 is 10.0 Å². The third-order valence-electron chi connectivity index (χ3n) is 2.98. The van der Waals surface area contributed by atoms with Crippen LogP contribution in [0.15, 0.2) is 18.5 Å². The van der Waals surface area contributed by atoms with Crippen molar-refractivity contribution >= 4 is 10.0 Å². The highest BCUT2D eigenvalue weighted by Crippen LogP contribution is 2.07. The van der Waals surface area contributed by atoms with E-state index in [2.05, 4.69) is 15.0 Å². The van der Waals surface area contributed by atoms with E-state index in [1.54, 1.807) is 0 Å². The minimum Gasteiger partial charge on any atom is -0.367 e. The van der Waals surface area contributed by atoms with Crippen molar-refractivity contribution in [1.82, 2.24) is 15.0 Å². The Kier molecular flexibility index (Phi) is 4.20. The molecule has 1 aromatic heterocycles. The normalized spacial score (nSPS) is 20.8. The molecule has 0 spiro atoms. The molecule has 1 unspecified atom stereocenters.